The minimum absolute atomic E-state index is 0.171. The van der Waals surface area contributed by atoms with Crippen molar-refractivity contribution in [2.75, 3.05) is 0 Å². The molecule has 0 aromatic carbocycles. The van der Waals surface area contributed by atoms with Gasteiger partial charge in [-0.3, -0.25) is 9.59 Å². The largest absolute Gasteiger partial charge is 0.481 e. The molecule has 0 heterocycles. The third-order valence-corrected chi connectivity index (χ3v) is 2.94. The van der Waals surface area contributed by atoms with Gasteiger partial charge in [-0.2, -0.15) is 0 Å². The molecule has 0 radical (unpaired) electrons. The zero-order chi connectivity index (χ0) is 15.8. The number of aliphatic carboxylic acids is 1. The number of carbonyl (C=O) groups excluding carboxylic acids is 1. The monoisotopic (exact) mass is 292 g/mol. The van der Waals surface area contributed by atoms with Gasteiger partial charge in [0.1, 0.15) is 0 Å². The summed E-state index contributed by atoms with van der Waals surface area (Å²) in [4.78, 5) is 21.8. The Balaban J connectivity index is 3.49. The van der Waals surface area contributed by atoms with Gasteiger partial charge in [-0.25, -0.2) is 0 Å². The fraction of sp³-hybridized carbons (Fsp3) is 0.556. The van der Waals surface area contributed by atoms with Crippen LogP contribution < -0.4 is 0 Å². The Kier molecular flexibility index (Phi) is 13.6. The van der Waals surface area contributed by atoms with E-state index in [0.717, 1.165) is 38.5 Å². The average Bonchev–Trinajstić information content (AvgIpc) is 2.45. The van der Waals surface area contributed by atoms with Crippen molar-refractivity contribution in [1.82, 2.24) is 0 Å². The van der Waals surface area contributed by atoms with E-state index < -0.39 is 5.97 Å². The Hall–Kier alpha value is -1.64. The third kappa shape index (κ3) is 16.3. The van der Waals surface area contributed by atoms with E-state index in [4.69, 9.17) is 5.11 Å². The number of carboxylic acids is 1. The number of carbonyl (C=O) groups is 2. The van der Waals surface area contributed by atoms with Crippen molar-refractivity contribution in [2.24, 2.45) is 0 Å². The average molecular weight is 292 g/mol. The lowest BCUT2D eigenvalue weighted by Crippen LogP contribution is -1.93. The van der Waals surface area contributed by atoms with Gasteiger partial charge in [0.15, 0.2) is 5.78 Å². The first kappa shape index (κ1) is 19.4. The van der Waals surface area contributed by atoms with Gasteiger partial charge in [-0.15, -0.1) is 0 Å². The maximum absolute atomic E-state index is 11.5. The number of allylic oxidation sites excluding steroid dienone is 6. The van der Waals surface area contributed by atoms with E-state index in [9.17, 15) is 9.59 Å². The first-order chi connectivity index (χ1) is 10.2. The van der Waals surface area contributed by atoms with Crippen LogP contribution in [0.2, 0.25) is 0 Å². The van der Waals surface area contributed by atoms with Gasteiger partial charge in [0.2, 0.25) is 0 Å². The predicted octanol–water partition coefficient (Wildman–Crippen LogP) is 4.84. The van der Waals surface area contributed by atoms with Crippen molar-refractivity contribution in [3.63, 3.8) is 0 Å². The molecule has 0 aromatic rings. The van der Waals surface area contributed by atoms with Gasteiger partial charge in [0.05, 0.1) is 0 Å². The van der Waals surface area contributed by atoms with Crippen LogP contribution in [0, 0.1) is 0 Å². The molecule has 0 aliphatic rings. The molecule has 0 saturated carbocycles. The molecule has 21 heavy (non-hydrogen) atoms. The topological polar surface area (TPSA) is 54.4 Å². The summed E-state index contributed by atoms with van der Waals surface area (Å²) < 4.78 is 0. The number of ketones is 1. The molecule has 0 unspecified atom stereocenters. The SMILES string of the molecule is CC/C=C\CC/C=C/C(=O)CC/C=C\CCCCC(=O)O. The summed E-state index contributed by atoms with van der Waals surface area (Å²) in [5, 5.41) is 8.48. The molecule has 0 saturated heterocycles. The van der Waals surface area contributed by atoms with E-state index in [1.807, 2.05) is 18.2 Å². The van der Waals surface area contributed by atoms with Crippen molar-refractivity contribution in [2.45, 2.75) is 64.7 Å². The van der Waals surface area contributed by atoms with E-state index in [2.05, 4.69) is 19.1 Å². The highest BCUT2D eigenvalue weighted by Crippen LogP contribution is 2.03. The quantitative estimate of drug-likeness (QED) is 0.300. The van der Waals surface area contributed by atoms with Gasteiger partial charge in [0.25, 0.3) is 0 Å². The van der Waals surface area contributed by atoms with Gasteiger partial charge in [0, 0.05) is 12.8 Å². The Morgan fingerprint density at radius 1 is 0.810 bits per heavy atom. The summed E-state index contributed by atoms with van der Waals surface area (Å²) >= 11 is 0. The number of carboxylic acid groups (broad SMARTS) is 1. The van der Waals surface area contributed by atoms with Crippen LogP contribution in [0.5, 0.6) is 0 Å². The van der Waals surface area contributed by atoms with Crippen LogP contribution in [0.15, 0.2) is 36.5 Å². The zero-order valence-corrected chi connectivity index (χ0v) is 13.1. The number of hydrogen-bond donors (Lipinski definition) is 1. The second-order valence-corrected chi connectivity index (χ2v) is 4.98. The lowest BCUT2D eigenvalue weighted by molar-refractivity contribution is -0.137. The Labute approximate surface area is 128 Å². The van der Waals surface area contributed by atoms with Crippen LogP contribution in [0.1, 0.15) is 64.7 Å². The van der Waals surface area contributed by atoms with Crippen LogP contribution in [-0.4, -0.2) is 16.9 Å². The van der Waals surface area contributed by atoms with Crippen LogP contribution >= 0.6 is 0 Å². The summed E-state index contributed by atoms with van der Waals surface area (Å²) in [6, 6.07) is 0. The normalized spacial score (nSPS) is 11.9. The third-order valence-electron chi connectivity index (χ3n) is 2.94. The van der Waals surface area contributed by atoms with Crippen LogP contribution in [-0.2, 0) is 9.59 Å². The molecule has 0 aliphatic carbocycles. The number of rotatable bonds is 13. The first-order valence-electron chi connectivity index (χ1n) is 7.88. The molecular formula is C18H28O3. The first-order valence-corrected chi connectivity index (χ1v) is 7.88. The molecule has 0 aliphatic heterocycles. The van der Waals surface area contributed by atoms with Crippen molar-refractivity contribution in [3.05, 3.63) is 36.5 Å². The minimum Gasteiger partial charge on any atom is -0.481 e. The second kappa shape index (κ2) is 14.8. The molecular weight excluding hydrogens is 264 g/mol. The molecule has 1 N–H and O–H groups in total. The van der Waals surface area contributed by atoms with E-state index in [1.54, 1.807) is 6.08 Å². The van der Waals surface area contributed by atoms with Crippen LogP contribution in [0.3, 0.4) is 0 Å². The molecule has 0 fully saturated rings. The Morgan fingerprint density at radius 2 is 1.48 bits per heavy atom. The lowest BCUT2D eigenvalue weighted by Gasteiger charge is -1.94. The molecule has 0 bridgehead atoms. The van der Waals surface area contributed by atoms with Gasteiger partial charge in [-0.05, 0) is 51.0 Å². The summed E-state index contributed by atoms with van der Waals surface area (Å²) in [6.45, 7) is 2.11. The molecule has 0 aromatic heterocycles. The molecule has 0 spiro atoms. The van der Waals surface area contributed by atoms with E-state index in [1.165, 1.54) is 0 Å². The maximum atomic E-state index is 11.5. The molecule has 0 atom stereocenters. The Bertz CT molecular complexity index is 365. The molecule has 0 amide bonds. The van der Waals surface area contributed by atoms with Gasteiger partial charge in [-0.1, -0.05) is 37.3 Å². The standard InChI is InChI=1S/C18H28O3/c1-2-3-4-5-8-11-14-17(19)15-12-9-6-7-10-13-16-18(20)21/h3-4,6,9,11,14H,2,5,7-8,10,12-13,15-16H2,1H3,(H,20,21)/b4-3-,9-6-,14-11+. The van der Waals surface area contributed by atoms with Crippen molar-refractivity contribution in [3.8, 4) is 0 Å². The molecule has 0 rings (SSSR count). The summed E-state index contributed by atoms with van der Waals surface area (Å²) in [6.07, 6.45) is 19.0. The zero-order valence-electron chi connectivity index (χ0n) is 13.1. The minimum atomic E-state index is -0.735. The lowest BCUT2D eigenvalue weighted by atomic mass is 10.1. The van der Waals surface area contributed by atoms with E-state index in [-0.39, 0.29) is 12.2 Å². The summed E-state index contributed by atoms with van der Waals surface area (Å²) in [5.41, 5.74) is 0. The van der Waals surface area contributed by atoms with Crippen LogP contribution in [0.4, 0.5) is 0 Å². The van der Waals surface area contributed by atoms with Crippen molar-refractivity contribution < 1.29 is 14.7 Å². The van der Waals surface area contributed by atoms with Gasteiger partial charge < -0.3 is 5.11 Å². The highest BCUT2D eigenvalue weighted by atomic mass is 16.4. The molecule has 118 valence electrons. The summed E-state index contributed by atoms with van der Waals surface area (Å²) in [7, 11) is 0. The summed E-state index contributed by atoms with van der Waals surface area (Å²) in [5.74, 6) is -0.563. The van der Waals surface area contributed by atoms with E-state index >= 15 is 0 Å². The van der Waals surface area contributed by atoms with Crippen molar-refractivity contribution >= 4 is 11.8 Å². The predicted molar refractivity (Wildman–Crippen MR) is 87.3 cm³/mol. The van der Waals surface area contributed by atoms with E-state index in [0.29, 0.717) is 12.8 Å². The maximum Gasteiger partial charge on any atom is 0.303 e. The highest BCUT2D eigenvalue weighted by molar-refractivity contribution is 5.89. The smallest absolute Gasteiger partial charge is 0.303 e. The fourth-order valence-corrected chi connectivity index (χ4v) is 1.77. The number of hydrogen-bond acceptors (Lipinski definition) is 2. The van der Waals surface area contributed by atoms with Crippen molar-refractivity contribution in [1.29, 1.82) is 0 Å². The molecule has 3 heteroatoms. The Morgan fingerprint density at radius 3 is 2.19 bits per heavy atom. The highest BCUT2D eigenvalue weighted by Gasteiger charge is 1.95. The second-order valence-electron chi connectivity index (χ2n) is 4.98. The molecule has 3 nitrogen and oxygen atoms in total. The van der Waals surface area contributed by atoms with Gasteiger partial charge >= 0.3 is 5.97 Å². The van der Waals surface area contributed by atoms with Crippen LogP contribution in [0.25, 0.3) is 0 Å². The number of unbranched alkanes of at least 4 members (excludes halogenated alkanes) is 3. The fourth-order valence-electron chi connectivity index (χ4n) is 1.77.